The average Bonchev–Trinajstić information content (AvgIpc) is 3.73. The number of thiophene rings is 1. The Morgan fingerprint density at radius 3 is 1.77 bits per heavy atom. The first-order valence-electron chi connectivity index (χ1n) is 15.9. The smallest absolute Gasteiger partial charge is 0.165 e. The summed E-state index contributed by atoms with van der Waals surface area (Å²) in [6.45, 7) is 0. The number of aromatic nitrogens is 3. The second-order valence-corrected chi connectivity index (χ2v) is 13.0. The first-order chi connectivity index (χ1) is 23.8. The van der Waals surface area contributed by atoms with Crippen molar-refractivity contribution in [2.24, 2.45) is 0 Å². The zero-order chi connectivity index (χ0) is 31.6. The number of furan rings is 1. The lowest BCUT2D eigenvalue weighted by Crippen LogP contribution is -2.00. The molecule has 0 unspecified atom stereocenters. The largest absolute Gasteiger partial charge is 0.456 e. The molecule has 5 heteroatoms. The molecule has 224 valence electrons. The monoisotopic (exact) mass is 631 g/mol. The summed E-state index contributed by atoms with van der Waals surface area (Å²) >= 11 is 1.81. The van der Waals surface area contributed by atoms with Crippen molar-refractivity contribution in [3.05, 3.63) is 152 Å². The van der Waals surface area contributed by atoms with Crippen LogP contribution in [0.2, 0.25) is 0 Å². The van der Waals surface area contributed by atoms with E-state index in [4.69, 9.17) is 19.4 Å². The van der Waals surface area contributed by atoms with E-state index in [-0.39, 0.29) is 0 Å². The van der Waals surface area contributed by atoms with E-state index in [2.05, 4.69) is 97.1 Å². The molecule has 0 atom stereocenters. The number of benzene rings is 7. The van der Waals surface area contributed by atoms with Crippen molar-refractivity contribution < 1.29 is 4.42 Å². The van der Waals surface area contributed by atoms with Crippen LogP contribution >= 0.6 is 11.3 Å². The molecule has 48 heavy (non-hydrogen) atoms. The normalized spacial score (nSPS) is 11.8. The third kappa shape index (κ3) is 4.25. The number of fused-ring (bicyclic) bond motifs is 8. The van der Waals surface area contributed by atoms with Gasteiger partial charge in [-0.3, -0.25) is 0 Å². The lowest BCUT2D eigenvalue weighted by Gasteiger charge is -2.09. The van der Waals surface area contributed by atoms with E-state index in [1.165, 1.54) is 37.4 Å². The Morgan fingerprint density at radius 2 is 0.958 bits per heavy atom. The van der Waals surface area contributed by atoms with Crippen LogP contribution in [-0.2, 0) is 0 Å². The van der Waals surface area contributed by atoms with E-state index in [0.717, 1.165) is 43.3 Å². The van der Waals surface area contributed by atoms with E-state index < -0.39 is 0 Å². The van der Waals surface area contributed by atoms with Gasteiger partial charge in [0.15, 0.2) is 17.5 Å². The lowest BCUT2D eigenvalue weighted by molar-refractivity contribution is 0.669. The lowest BCUT2D eigenvalue weighted by atomic mass is 9.95. The highest BCUT2D eigenvalue weighted by atomic mass is 32.1. The first-order valence-corrected chi connectivity index (χ1v) is 16.8. The van der Waals surface area contributed by atoms with Crippen LogP contribution < -0.4 is 0 Å². The van der Waals surface area contributed by atoms with Crippen LogP contribution in [0, 0.1) is 0 Å². The number of hydrogen-bond donors (Lipinski definition) is 0. The maximum Gasteiger partial charge on any atom is 0.165 e. The topological polar surface area (TPSA) is 51.8 Å². The molecule has 0 aliphatic heterocycles. The molecule has 10 rings (SSSR count). The van der Waals surface area contributed by atoms with Crippen LogP contribution in [0.15, 0.2) is 156 Å². The van der Waals surface area contributed by atoms with E-state index >= 15 is 0 Å². The fraction of sp³-hybridized carbons (Fsp3) is 0. The fourth-order valence-electron chi connectivity index (χ4n) is 6.86. The van der Waals surface area contributed by atoms with Gasteiger partial charge in [-0.25, -0.2) is 15.0 Å². The summed E-state index contributed by atoms with van der Waals surface area (Å²) < 4.78 is 8.67. The number of hydrogen-bond acceptors (Lipinski definition) is 5. The zero-order valence-corrected chi connectivity index (χ0v) is 26.4. The van der Waals surface area contributed by atoms with Crippen LogP contribution in [0.1, 0.15) is 0 Å². The van der Waals surface area contributed by atoms with Gasteiger partial charge in [-0.05, 0) is 46.8 Å². The SMILES string of the molecule is c1ccc(-c2nc(-c3ccc4c(c3)oc3ccccc34)nc(-c3cccc4c3sc3c5ccccc5c(-c5ccccc5)cc43)n2)cc1. The second-order valence-electron chi connectivity index (χ2n) is 12.0. The molecule has 0 aliphatic rings. The Kier molecular flexibility index (Phi) is 6.01. The summed E-state index contributed by atoms with van der Waals surface area (Å²) in [5.41, 5.74) is 6.93. The van der Waals surface area contributed by atoms with Crippen molar-refractivity contribution in [1.29, 1.82) is 0 Å². The molecule has 0 amide bonds. The summed E-state index contributed by atoms with van der Waals surface area (Å²) in [4.78, 5) is 15.3. The van der Waals surface area contributed by atoms with Crippen LogP contribution in [0.3, 0.4) is 0 Å². The molecule has 0 spiro atoms. The molecule has 10 aromatic rings. The van der Waals surface area contributed by atoms with Crippen molar-refractivity contribution >= 4 is 64.2 Å². The predicted octanol–water partition coefficient (Wildman–Crippen LogP) is 12.0. The Bertz CT molecular complexity index is 2840. The average molecular weight is 632 g/mol. The van der Waals surface area contributed by atoms with E-state index in [1.807, 2.05) is 65.9 Å². The molecular weight excluding hydrogens is 607 g/mol. The highest BCUT2D eigenvalue weighted by molar-refractivity contribution is 7.27. The van der Waals surface area contributed by atoms with Crippen LogP contribution in [0.4, 0.5) is 0 Å². The van der Waals surface area contributed by atoms with Gasteiger partial charge in [0, 0.05) is 53.0 Å². The fourth-order valence-corrected chi connectivity index (χ4v) is 8.19. The highest BCUT2D eigenvalue weighted by Crippen LogP contribution is 2.45. The third-order valence-electron chi connectivity index (χ3n) is 9.13. The summed E-state index contributed by atoms with van der Waals surface area (Å²) in [5, 5.41) is 7.11. The molecule has 7 aromatic carbocycles. The minimum atomic E-state index is 0.608. The van der Waals surface area contributed by atoms with Crippen LogP contribution in [0.5, 0.6) is 0 Å². The molecule has 0 saturated heterocycles. The molecule has 3 heterocycles. The number of nitrogens with zero attached hydrogens (tertiary/aromatic N) is 3. The molecule has 0 aliphatic carbocycles. The van der Waals surface area contributed by atoms with Crippen molar-refractivity contribution in [2.45, 2.75) is 0 Å². The van der Waals surface area contributed by atoms with Gasteiger partial charge < -0.3 is 4.42 Å². The minimum absolute atomic E-state index is 0.608. The van der Waals surface area contributed by atoms with E-state index in [0.29, 0.717) is 17.5 Å². The molecule has 4 nitrogen and oxygen atoms in total. The first kappa shape index (κ1) is 27.0. The third-order valence-corrected chi connectivity index (χ3v) is 10.4. The maximum absolute atomic E-state index is 6.24. The molecule has 0 saturated carbocycles. The van der Waals surface area contributed by atoms with E-state index in [9.17, 15) is 0 Å². The summed E-state index contributed by atoms with van der Waals surface area (Å²) in [7, 11) is 0. The quantitative estimate of drug-likeness (QED) is 0.194. The molecular formula is C43H25N3OS. The van der Waals surface area contributed by atoms with Gasteiger partial charge in [0.2, 0.25) is 0 Å². The van der Waals surface area contributed by atoms with Gasteiger partial charge in [0.25, 0.3) is 0 Å². The maximum atomic E-state index is 6.24. The Labute approximate surface area is 279 Å². The molecule has 0 radical (unpaired) electrons. The molecule has 3 aromatic heterocycles. The van der Waals surface area contributed by atoms with E-state index in [1.54, 1.807) is 0 Å². The van der Waals surface area contributed by atoms with Crippen molar-refractivity contribution in [1.82, 2.24) is 15.0 Å². The molecule has 0 fully saturated rings. The van der Waals surface area contributed by atoms with Gasteiger partial charge in [-0.2, -0.15) is 0 Å². The highest BCUT2D eigenvalue weighted by Gasteiger charge is 2.19. The van der Waals surface area contributed by atoms with Crippen molar-refractivity contribution in [2.75, 3.05) is 0 Å². The van der Waals surface area contributed by atoms with Gasteiger partial charge in [-0.15, -0.1) is 11.3 Å². The number of para-hydroxylation sites is 1. The zero-order valence-electron chi connectivity index (χ0n) is 25.6. The van der Waals surface area contributed by atoms with Crippen molar-refractivity contribution in [3.63, 3.8) is 0 Å². The van der Waals surface area contributed by atoms with Crippen LogP contribution in [-0.4, -0.2) is 15.0 Å². The standard InChI is InChI=1S/C43H25N3OS/c1-3-12-26(13-4-1)35-25-36-33-19-11-20-34(39(33)48-40(36)32-18-8-7-16-29(32)35)43-45-41(27-14-5-2-6-15-27)44-42(46-43)28-22-23-31-30-17-9-10-21-37(30)47-38(31)24-28/h1-25H. The minimum Gasteiger partial charge on any atom is -0.456 e. The van der Waals surface area contributed by atoms with Gasteiger partial charge in [0.1, 0.15) is 11.2 Å². The Morgan fingerprint density at radius 1 is 0.354 bits per heavy atom. The summed E-state index contributed by atoms with van der Waals surface area (Å²) in [6.07, 6.45) is 0. The van der Waals surface area contributed by atoms with Gasteiger partial charge >= 0.3 is 0 Å². The number of rotatable bonds is 4. The van der Waals surface area contributed by atoms with Gasteiger partial charge in [-0.1, -0.05) is 121 Å². The van der Waals surface area contributed by atoms with Crippen LogP contribution in [0.25, 0.3) is 98.2 Å². The Balaban J connectivity index is 1.22. The summed E-state index contributed by atoms with van der Waals surface area (Å²) in [5.74, 6) is 1.89. The van der Waals surface area contributed by atoms with Crippen molar-refractivity contribution in [3.8, 4) is 45.3 Å². The molecule has 0 N–H and O–H groups in total. The predicted molar refractivity (Wildman–Crippen MR) is 199 cm³/mol. The Hall–Kier alpha value is -6.17. The summed E-state index contributed by atoms with van der Waals surface area (Å²) in [6, 6.07) is 52.7. The molecule has 0 bridgehead atoms. The second kappa shape index (κ2) is 10.7. The van der Waals surface area contributed by atoms with Gasteiger partial charge in [0.05, 0.1) is 0 Å².